The number of hydrogen-bond acceptors (Lipinski definition) is 2. The van der Waals surface area contributed by atoms with E-state index in [1.54, 1.807) is 0 Å². The summed E-state index contributed by atoms with van der Waals surface area (Å²) in [6.45, 7) is 7.21. The van der Waals surface area contributed by atoms with Gasteiger partial charge in [-0.3, -0.25) is 4.57 Å². The number of carboxylic acids is 1. The van der Waals surface area contributed by atoms with Gasteiger partial charge < -0.3 is 14.9 Å². The van der Waals surface area contributed by atoms with E-state index in [0.717, 1.165) is 0 Å². The first kappa shape index (κ1) is 16.4. The summed E-state index contributed by atoms with van der Waals surface area (Å²) in [5.74, 6) is -1.53. The normalized spacial score (nSPS) is 14.5. The number of carboxylic acid groups (broad SMARTS) is 1. The summed E-state index contributed by atoms with van der Waals surface area (Å²) in [5.41, 5.74) is -0.152. The molecule has 0 spiro atoms. The molecule has 0 bridgehead atoms. The quantitative estimate of drug-likeness (QED) is 0.506. The van der Waals surface area contributed by atoms with Crippen molar-refractivity contribution in [3.63, 3.8) is 0 Å². The molecule has 0 aliphatic heterocycles. The molecule has 0 aliphatic rings. The molecule has 0 saturated carbocycles. The molecule has 100 valence electrons. The van der Waals surface area contributed by atoms with Gasteiger partial charge in [0.05, 0.1) is 0 Å². The maximum atomic E-state index is 11.3. The van der Waals surface area contributed by atoms with Crippen molar-refractivity contribution in [1.29, 1.82) is 0 Å². The Labute approximate surface area is 102 Å². The predicted molar refractivity (Wildman–Crippen MR) is 65.7 cm³/mol. The van der Waals surface area contributed by atoms with Crippen molar-refractivity contribution in [2.75, 3.05) is 0 Å². The Morgan fingerprint density at radius 2 is 1.47 bits per heavy atom. The first-order chi connectivity index (χ1) is 7.66. The van der Waals surface area contributed by atoms with Crippen LogP contribution in [0.15, 0.2) is 10.9 Å². The molecule has 0 aliphatic carbocycles. The third kappa shape index (κ3) is 3.41. The van der Waals surface area contributed by atoms with Gasteiger partial charge in [-0.2, -0.15) is 0 Å². The second-order valence-corrected chi connectivity index (χ2v) is 5.70. The van der Waals surface area contributed by atoms with Crippen LogP contribution in [0.3, 0.4) is 0 Å². The van der Waals surface area contributed by atoms with E-state index in [-0.39, 0.29) is 0 Å². The van der Waals surface area contributed by atoms with Crippen LogP contribution in [0.25, 0.3) is 0 Å². The summed E-state index contributed by atoms with van der Waals surface area (Å²) in [4.78, 5) is 29.3. The van der Waals surface area contributed by atoms with Crippen molar-refractivity contribution >= 4 is 13.6 Å². The van der Waals surface area contributed by atoms with E-state index >= 15 is 0 Å². The van der Waals surface area contributed by atoms with Crippen LogP contribution in [0.1, 0.15) is 47.0 Å². The standard InChI is InChI=1S/C11H21O5P/c1-5-11(6-2,7-3)8(4)9(10(12)13)17(14,15)16/h5-7H2,1-4H3,(H,12,13)(H2,14,15,16). The zero-order chi connectivity index (χ0) is 13.9. The fourth-order valence-electron chi connectivity index (χ4n) is 2.30. The van der Waals surface area contributed by atoms with Gasteiger partial charge in [0.1, 0.15) is 5.31 Å². The molecule has 0 heterocycles. The Kier molecular flexibility index (Phi) is 5.59. The molecular weight excluding hydrogens is 243 g/mol. The molecule has 0 unspecified atom stereocenters. The summed E-state index contributed by atoms with van der Waals surface area (Å²) < 4.78 is 11.3. The van der Waals surface area contributed by atoms with Gasteiger partial charge in [0.15, 0.2) is 0 Å². The second-order valence-electron chi connectivity index (χ2n) is 4.16. The smallest absolute Gasteiger partial charge is 0.363 e. The molecule has 6 heteroatoms. The number of carbonyl (C=O) groups is 1. The number of aliphatic carboxylic acids is 1. The van der Waals surface area contributed by atoms with Crippen LogP contribution in [-0.4, -0.2) is 20.9 Å². The van der Waals surface area contributed by atoms with Crippen LogP contribution in [0.5, 0.6) is 0 Å². The summed E-state index contributed by atoms with van der Waals surface area (Å²) >= 11 is 0. The molecule has 0 amide bonds. The van der Waals surface area contributed by atoms with Crippen molar-refractivity contribution in [3.8, 4) is 0 Å². The van der Waals surface area contributed by atoms with Crippen LogP contribution in [-0.2, 0) is 9.36 Å². The van der Waals surface area contributed by atoms with Crippen molar-refractivity contribution in [2.24, 2.45) is 5.41 Å². The van der Waals surface area contributed by atoms with E-state index in [0.29, 0.717) is 24.8 Å². The zero-order valence-electron chi connectivity index (χ0n) is 10.7. The maximum absolute atomic E-state index is 11.3. The summed E-state index contributed by atoms with van der Waals surface area (Å²) in [7, 11) is -4.74. The van der Waals surface area contributed by atoms with Crippen molar-refractivity contribution in [2.45, 2.75) is 47.0 Å². The van der Waals surface area contributed by atoms with Gasteiger partial charge in [-0.25, -0.2) is 4.79 Å². The molecule has 0 radical (unpaired) electrons. The van der Waals surface area contributed by atoms with E-state index < -0.39 is 24.3 Å². The van der Waals surface area contributed by atoms with E-state index in [1.165, 1.54) is 6.92 Å². The minimum Gasteiger partial charge on any atom is -0.477 e. The minimum absolute atomic E-state index is 0.297. The fourth-order valence-corrected chi connectivity index (χ4v) is 3.22. The first-order valence-electron chi connectivity index (χ1n) is 5.67. The Morgan fingerprint density at radius 1 is 1.12 bits per heavy atom. The van der Waals surface area contributed by atoms with Crippen LogP contribution in [0, 0.1) is 5.41 Å². The average molecular weight is 264 g/mol. The zero-order valence-corrected chi connectivity index (χ0v) is 11.6. The minimum atomic E-state index is -4.74. The molecule has 0 rings (SSSR count). The van der Waals surface area contributed by atoms with Crippen LogP contribution in [0.2, 0.25) is 0 Å². The lowest BCUT2D eigenvalue weighted by Crippen LogP contribution is -2.23. The molecule has 0 atom stereocenters. The van der Waals surface area contributed by atoms with Crippen LogP contribution < -0.4 is 0 Å². The Bertz CT molecular complexity index is 354. The van der Waals surface area contributed by atoms with Crippen molar-refractivity contribution in [3.05, 3.63) is 10.9 Å². The lowest BCUT2D eigenvalue weighted by atomic mass is 9.74. The highest BCUT2D eigenvalue weighted by atomic mass is 31.2. The summed E-state index contributed by atoms with van der Waals surface area (Å²) in [5, 5.41) is 8.23. The van der Waals surface area contributed by atoms with Gasteiger partial charge in [0.2, 0.25) is 0 Å². The SMILES string of the molecule is CCC(CC)(CC)C(C)=C(C(=O)O)P(=O)(O)O. The van der Waals surface area contributed by atoms with Gasteiger partial charge in [-0.05, 0) is 37.2 Å². The molecular formula is C11H21O5P. The fraction of sp³-hybridized carbons (Fsp3) is 0.727. The number of allylic oxidation sites excluding steroid dienone is 1. The second kappa shape index (κ2) is 5.80. The predicted octanol–water partition coefficient (Wildman–Crippen LogP) is 2.74. The molecule has 0 aromatic carbocycles. The number of rotatable bonds is 6. The van der Waals surface area contributed by atoms with Gasteiger partial charge in [-0.15, -0.1) is 0 Å². The van der Waals surface area contributed by atoms with Gasteiger partial charge in [0, 0.05) is 0 Å². The lowest BCUT2D eigenvalue weighted by molar-refractivity contribution is -0.132. The third-order valence-corrected chi connectivity index (χ3v) is 4.78. The summed E-state index contributed by atoms with van der Waals surface area (Å²) in [6.07, 6.45) is 1.97. The molecule has 5 nitrogen and oxygen atoms in total. The van der Waals surface area contributed by atoms with Crippen molar-refractivity contribution in [1.82, 2.24) is 0 Å². The van der Waals surface area contributed by atoms with Gasteiger partial charge in [0.25, 0.3) is 0 Å². The summed E-state index contributed by atoms with van der Waals surface area (Å²) in [6, 6.07) is 0. The Hall–Kier alpha value is -0.640. The third-order valence-electron chi connectivity index (χ3n) is 3.67. The van der Waals surface area contributed by atoms with E-state index in [2.05, 4.69) is 0 Å². The average Bonchev–Trinajstić information content (AvgIpc) is 2.18. The molecule has 0 aromatic heterocycles. The molecule has 0 aromatic rings. The first-order valence-corrected chi connectivity index (χ1v) is 7.28. The topological polar surface area (TPSA) is 94.8 Å². The van der Waals surface area contributed by atoms with Crippen LogP contribution in [0.4, 0.5) is 0 Å². The largest absolute Gasteiger partial charge is 0.477 e. The van der Waals surface area contributed by atoms with E-state index in [4.69, 9.17) is 14.9 Å². The van der Waals surface area contributed by atoms with Crippen molar-refractivity contribution < 1.29 is 24.3 Å². The maximum Gasteiger partial charge on any atom is 0.363 e. The van der Waals surface area contributed by atoms with E-state index in [9.17, 15) is 9.36 Å². The lowest BCUT2D eigenvalue weighted by Gasteiger charge is -2.33. The highest BCUT2D eigenvalue weighted by Gasteiger charge is 2.37. The highest BCUT2D eigenvalue weighted by Crippen LogP contribution is 2.52. The van der Waals surface area contributed by atoms with Gasteiger partial charge in [-0.1, -0.05) is 20.8 Å². The molecule has 0 saturated heterocycles. The molecule has 3 N–H and O–H groups in total. The monoisotopic (exact) mass is 264 g/mol. The van der Waals surface area contributed by atoms with Crippen LogP contribution >= 0.6 is 7.60 Å². The Balaban J connectivity index is 5.96. The number of hydrogen-bond donors (Lipinski definition) is 3. The van der Waals surface area contributed by atoms with Gasteiger partial charge >= 0.3 is 13.6 Å². The van der Waals surface area contributed by atoms with E-state index in [1.807, 2.05) is 20.8 Å². The molecule has 17 heavy (non-hydrogen) atoms. The molecule has 0 fully saturated rings. The highest BCUT2D eigenvalue weighted by molar-refractivity contribution is 7.58. The Morgan fingerprint density at radius 3 is 1.65 bits per heavy atom.